The molecule has 1 aromatic heterocycles. The van der Waals surface area contributed by atoms with E-state index in [9.17, 15) is 13.2 Å². The molecule has 2 aliphatic rings. The monoisotopic (exact) mass is 357 g/mol. The molecule has 1 aromatic carbocycles. The van der Waals surface area contributed by atoms with E-state index in [0.717, 1.165) is 12.1 Å². The molecule has 0 saturated carbocycles. The standard InChI is InChI=1S/C18H19N3O3S/c22-18(21-7-5-13-3-1-2-4-17(13)21)14-9-16(11-19-10-14)20-15-6-8-25(23,24)12-15/h1-4,9-11,15,20H,5-8,12H2. The molecule has 1 amide bonds. The molecule has 7 heteroatoms. The van der Waals surface area contributed by atoms with Gasteiger partial charge in [-0.2, -0.15) is 0 Å². The lowest BCUT2D eigenvalue weighted by Crippen LogP contribution is -2.29. The third-order valence-electron chi connectivity index (χ3n) is 4.72. The Bertz CT molecular complexity index is 927. The fraction of sp³-hybridized carbons (Fsp3) is 0.333. The maximum absolute atomic E-state index is 12.9. The number of para-hydroxylation sites is 1. The van der Waals surface area contributed by atoms with Crippen LogP contribution in [0, 0.1) is 0 Å². The number of carbonyl (C=O) groups excluding carboxylic acids is 1. The van der Waals surface area contributed by atoms with Crippen LogP contribution in [0.4, 0.5) is 11.4 Å². The number of amides is 1. The molecule has 0 bridgehead atoms. The fourth-order valence-electron chi connectivity index (χ4n) is 3.49. The number of anilines is 2. The minimum atomic E-state index is -2.95. The van der Waals surface area contributed by atoms with Crippen molar-refractivity contribution in [3.05, 3.63) is 53.9 Å². The third kappa shape index (κ3) is 3.24. The Hall–Kier alpha value is -2.41. The van der Waals surface area contributed by atoms with Crippen molar-refractivity contribution in [1.82, 2.24) is 4.98 Å². The molecule has 1 saturated heterocycles. The van der Waals surface area contributed by atoms with E-state index in [1.807, 2.05) is 24.3 Å². The summed E-state index contributed by atoms with van der Waals surface area (Å²) in [6.45, 7) is 0.663. The first-order valence-corrected chi connectivity index (χ1v) is 10.2. The number of pyridine rings is 1. The van der Waals surface area contributed by atoms with Crippen molar-refractivity contribution in [2.45, 2.75) is 18.9 Å². The molecule has 0 aliphatic carbocycles. The highest BCUT2D eigenvalue weighted by molar-refractivity contribution is 7.91. The number of sulfone groups is 1. The van der Waals surface area contributed by atoms with Crippen LogP contribution in [-0.2, 0) is 16.3 Å². The highest BCUT2D eigenvalue weighted by Gasteiger charge is 2.28. The average Bonchev–Trinajstić information content (AvgIpc) is 3.17. The summed E-state index contributed by atoms with van der Waals surface area (Å²) in [6.07, 6.45) is 4.62. The van der Waals surface area contributed by atoms with Crippen molar-refractivity contribution < 1.29 is 13.2 Å². The number of hydrogen-bond donors (Lipinski definition) is 1. The van der Waals surface area contributed by atoms with Gasteiger partial charge in [-0.05, 0) is 30.5 Å². The number of nitrogens with zero attached hydrogens (tertiary/aromatic N) is 2. The molecule has 2 aliphatic heterocycles. The van der Waals surface area contributed by atoms with Crippen LogP contribution in [0.5, 0.6) is 0 Å². The van der Waals surface area contributed by atoms with Gasteiger partial charge in [0, 0.05) is 30.7 Å². The largest absolute Gasteiger partial charge is 0.380 e. The second-order valence-corrected chi connectivity index (χ2v) is 8.77. The van der Waals surface area contributed by atoms with E-state index >= 15 is 0 Å². The minimum Gasteiger partial charge on any atom is -0.380 e. The molecule has 1 N–H and O–H groups in total. The summed E-state index contributed by atoms with van der Waals surface area (Å²) in [7, 11) is -2.95. The van der Waals surface area contributed by atoms with Crippen molar-refractivity contribution in [2.24, 2.45) is 0 Å². The van der Waals surface area contributed by atoms with Crippen molar-refractivity contribution in [1.29, 1.82) is 0 Å². The Kier molecular flexibility index (Phi) is 3.95. The van der Waals surface area contributed by atoms with E-state index in [1.54, 1.807) is 23.4 Å². The lowest BCUT2D eigenvalue weighted by molar-refractivity contribution is 0.0989. The molecular weight excluding hydrogens is 338 g/mol. The number of aromatic nitrogens is 1. The Morgan fingerprint density at radius 2 is 2.08 bits per heavy atom. The summed E-state index contributed by atoms with van der Waals surface area (Å²) in [6, 6.07) is 9.54. The van der Waals surface area contributed by atoms with Crippen LogP contribution in [0.2, 0.25) is 0 Å². The van der Waals surface area contributed by atoms with Gasteiger partial charge in [-0.3, -0.25) is 9.78 Å². The van der Waals surface area contributed by atoms with E-state index in [4.69, 9.17) is 0 Å². The average molecular weight is 357 g/mol. The molecule has 1 unspecified atom stereocenters. The predicted octanol–water partition coefficient (Wildman–Crippen LogP) is 1.88. The molecule has 1 fully saturated rings. The van der Waals surface area contributed by atoms with Crippen LogP contribution < -0.4 is 10.2 Å². The second kappa shape index (κ2) is 6.15. The van der Waals surface area contributed by atoms with Crippen LogP contribution in [-0.4, -0.2) is 43.4 Å². The van der Waals surface area contributed by atoms with E-state index in [2.05, 4.69) is 10.3 Å². The maximum Gasteiger partial charge on any atom is 0.259 e. The van der Waals surface area contributed by atoms with E-state index in [1.165, 1.54) is 5.56 Å². The van der Waals surface area contributed by atoms with Crippen LogP contribution in [0.1, 0.15) is 22.3 Å². The predicted molar refractivity (Wildman–Crippen MR) is 96.7 cm³/mol. The minimum absolute atomic E-state index is 0.0832. The zero-order chi connectivity index (χ0) is 17.4. The number of fused-ring (bicyclic) bond motifs is 1. The molecule has 0 radical (unpaired) electrons. The molecule has 6 nitrogen and oxygen atoms in total. The molecule has 1 atom stereocenters. The maximum atomic E-state index is 12.9. The van der Waals surface area contributed by atoms with Gasteiger partial charge < -0.3 is 10.2 Å². The zero-order valence-electron chi connectivity index (χ0n) is 13.7. The highest BCUT2D eigenvalue weighted by Crippen LogP contribution is 2.29. The van der Waals surface area contributed by atoms with Crippen molar-refractivity contribution in [3.63, 3.8) is 0 Å². The molecule has 25 heavy (non-hydrogen) atoms. The van der Waals surface area contributed by atoms with Gasteiger partial charge in [-0.1, -0.05) is 18.2 Å². The van der Waals surface area contributed by atoms with Gasteiger partial charge >= 0.3 is 0 Å². The lowest BCUT2D eigenvalue weighted by Gasteiger charge is -2.18. The van der Waals surface area contributed by atoms with E-state index in [0.29, 0.717) is 24.2 Å². The van der Waals surface area contributed by atoms with Crippen LogP contribution in [0.15, 0.2) is 42.7 Å². The zero-order valence-corrected chi connectivity index (χ0v) is 14.5. The van der Waals surface area contributed by atoms with Crippen LogP contribution in [0.3, 0.4) is 0 Å². The first kappa shape index (κ1) is 16.1. The molecular formula is C18H19N3O3S. The lowest BCUT2D eigenvalue weighted by atomic mass is 10.1. The van der Waals surface area contributed by atoms with Crippen molar-refractivity contribution in [2.75, 3.05) is 28.3 Å². The van der Waals surface area contributed by atoms with Gasteiger partial charge in [0.2, 0.25) is 0 Å². The Morgan fingerprint density at radius 1 is 1.24 bits per heavy atom. The summed E-state index contributed by atoms with van der Waals surface area (Å²) >= 11 is 0. The molecule has 2 aromatic rings. The van der Waals surface area contributed by atoms with Crippen LogP contribution in [0.25, 0.3) is 0 Å². The number of carbonyl (C=O) groups is 1. The van der Waals surface area contributed by atoms with Crippen molar-refractivity contribution in [3.8, 4) is 0 Å². The molecule has 3 heterocycles. The van der Waals surface area contributed by atoms with Crippen molar-refractivity contribution >= 4 is 27.1 Å². The SMILES string of the molecule is O=C(c1cncc(NC2CCS(=O)(=O)C2)c1)N1CCc2ccccc21. The Labute approximate surface area is 146 Å². The molecule has 0 spiro atoms. The van der Waals surface area contributed by atoms with Crippen LogP contribution >= 0.6 is 0 Å². The summed E-state index contributed by atoms with van der Waals surface area (Å²) in [5, 5.41) is 3.19. The van der Waals surface area contributed by atoms with E-state index in [-0.39, 0.29) is 23.5 Å². The smallest absolute Gasteiger partial charge is 0.259 e. The van der Waals surface area contributed by atoms with Gasteiger partial charge in [-0.15, -0.1) is 0 Å². The number of nitrogens with one attached hydrogen (secondary N) is 1. The summed E-state index contributed by atoms with van der Waals surface area (Å²) in [5.41, 5.74) is 3.31. The summed E-state index contributed by atoms with van der Waals surface area (Å²) in [5.74, 6) is 0.256. The van der Waals surface area contributed by atoms with Gasteiger partial charge in [-0.25, -0.2) is 8.42 Å². The summed E-state index contributed by atoms with van der Waals surface area (Å²) < 4.78 is 23.2. The quantitative estimate of drug-likeness (QED) is 0.907. The summed E-state index contributed by atoms with van der Waals surface area (Å²) in [4.78, 5) is 18.8. The number of rotatable bonds is 3. The third-order valence-corrected chi connectivity index (χ3v) is 6.49. The number of benzene rings is 1. The van der Waals surface area contributed by atoms with Gasteiger partial charge in [0.1, 0.15) is 0 Å². The van der Waals surface area contributed by atoms with Gasteiger partial charge in [0.15, 0.2) is 9.84 Å². The Balaban J connectivity index is 1.53. The first-order valence-electron chi connectivity index (χ1n) is 8.34. The second-order valence-electron chi connectivity index (χ2n) is 6.54. The number of hydrogen-bond acceptors (Lipinski definition) is 5. The van der Waals surface area contributed by atoms with Gasteiger partial charge in [0.05, 0.1) is 22.8 Å². The fourth-order valence-corrected chi connectivity index (χ4v) is 5.16. The molecule has 130 valence electrons. The van der Waals surface area contributed by atoms with E-state index < -0.39 is 9.84 Å². The molecule has 4 rings (SSSR count). The Morgan fingerprint density at radius 3 is 2.88 bits per heavy atom. The normalized spacial score (nSPS) is 21.1. The topological polar surface area (TPSA) is 79.4 Å². The highest BCUT2D eigenvalue weighted by atomic mass is 32.2. The first-order chi connectivity index (χ1) is 12.0. The van der Waals surface area contributed by atoms with Gasteiger partial charge in [0.25, 0.3) is 5.91 Å².